The molecule has 3 aromatic carbocycles. The van der Waals surface area contributed by atoms with Crippen LogP contribution in [0.15, 0.2) is 78.9 Å². The van der Waals surface area contributed by atoms with E-state index >= 15 is 0 Å². The fourth-order valence-corrected chi connectivity index (χ4v) is 7.36. The third-order valence-corrected chi connectivity index (χ3v) is 8.90. The zero-order valence-corrected chi connectivity index (χ0v) is 21.3. The molecule has 0 saturated carbocycles. The van der Waals surface area contributed by atoms with Crippen LogP contribution in [0.4, 0.5) is 5.69 Å². The number of anilines is 1. The van der Waals surface area contributed by atoms with Gasteiger partial charge in [-0.05, 0) is 53.3 Å². The largest absolute Gasteiger partial charge is 0.400 e. The van der Waals surface area contributed by atoms with Gasteiger partial charge in [0.15, 0.2) is 0 Å². The van der Waals surface area contributed by atoms with Crippen molar-refractivity contribution in [2.24, 2.45) is 0 Å². The first-order valence-corrected chi connectivity index (χ1v) is 13.3. The van der Waals surface area contributed by atoms with Crippen LogP contribution in [-0.4, -0.2) is 54.6 Å². The van der Waals surface area contributed by atoms with Gasteiger partial charge in [0.05, 0.1) is 18.1 Å². The van der Waals surface area contributed by atoms with E-state index in [1.165, 1.54) is 21.9 Å². The Kier molecular flexibility index (Phi) is 5.35. The number of carbonyl (C=O) groups excluding carboxylic acids is 2. The Balaban J connectivity index is 1.25. The first-order chi connectivity index (χ1) is 18.5. The second kappa shape index (κ2) is 8.68. The Bertz CT molecular complexity index is 1420. The number of ether oxygens (including phenoxy) is 3. The van der Waals surface area contributed by atoms with Gasteiger partial charge in [0.25, 0.3) is 0 Å². The van der Waals surface area contributed by atoms with Crippen molar-refractivity contribution < 1.29 is 23.8 Å². The molecule has 0 amide bonds. The van der Waals surface area contributed by atoms with Crippen molar-refractivity contribution in [2.45, 2.75) is 49.3 Å². The number of piperidine rings is 1. The van der Waals surface area contributed by atoms with Crippen LogP contribution in [0, 0.1) is 0 Å². The van der Waals surface area contributed by atoms with Gasteiger partial charge < -0.3 is 14.2 Å². The van der Waals surface area contributed by atoms with Gasteiger partial charge in [-0.15, -0.1) is 0 Å². The zero-order valence-electron chi connectivity index (χ0n) is 21.3. The minimum absolute atomic E-state index is 0.242. The molecule has 2 fully saturated rings. The summed E-state index contributed by atoms with van der Waals surface area (Å²) in [5.74, 6) is -2.77. The fraction of sp³-hybridized carbons (Fsp3) is 0.355. The smallest absolute Gasteiger partial charge is 0.346 e. The number of benzene rings is 3. The summed E-state index contributed by atoms with van der Waals surface area (Å²) in [4.78, 5) is 29.9. The molecule has 3 heterocycles. The van der Waals surface area contributed by atoms with Crippen molar-refractivity contribution in [3.8, 4) is 0 Å². The zero-order chi connectivity index (χ0) is 25.9. The number of hydrogen-bond donors (Lipinski definition) is 0. The first kappa shape index (κ1) is 23.4. The van der Waals surface area contributed by atoms with E-state index in [0.29, 0.717) is 6.04 Å². The van der Waals surface area contributed by atoms with Crippen LogP contribution in [-0.2, 0) is 30.2 Å². The molecule has 7 rings (SSSR count). The van der Waals surface area contributed by atoms with Crippen molar-refractivity contribution in [2.75, 3.05) is 25.1 Å². The molecule has 1 aliphatic carbocycles. The summed E-state index contributed by atoms with van der Waals surface area (Å²) >= 11 is 0. The molecule has 0 radical (unpaired) electrons. The minimum atomic E-state index is -1.57. The number of para-hydroxylation sites is 1. The molecule has 194 valence electrons. The molecule has 2 atom stereocenters. The van der Waals surface area contributed by atoms with Crippen molar-refractivity contribution >= 4 is 28.4 Å². The molecule has 0 bridgehead atoms. The van der Waals surface area contributed by atoms with Crippen LogP contribution < -0.4 is 4.90 Å². The van der Waals surface area contributed by atoms with Gasteiger partial charge in [-0.25, -0.2) is 9.59 Å². The maximum Gasteiger partial charge on any atom is 0.346 e. The molecule has 7 nitrogen and oxygen atoms in total. The summed E-state index contributed by atoms with van der Waals surface area (Å²) in [5, 5.41) is 2.69. The van der Waals surface area contributed by atoms with Gasteiger partial charge in [-0.3, -0.25) is 9.80 Å². The van der Waals surface area contributed by atoms with Crippen molar-refractivity contribution in [3.63, 3.8) is 0 Å². The highest BCUT2D eigenvalue weighted by Crippen LogP contribution is 2.53. The Hall–Kier alpha value is -3.68. The standard InChI is InChI=1S/C31H30N2O5/c1-36-26-20-31(37-27(34)13-14-28(35)38-31)33(23-10-3-2-4-11-23)30(26)15-17-32(18-16-30)25-19-22-9-5-7-21-8-6-12-24(25)29(21)22/h2-14,25-26H,15-20H2,1H3. The fourth-order valence-electron chi connectivity index (χ4n) is 7.36. The van der Waals surface area contributed by atoms with Crippen LogP contribution in [0.2, 0.25) is 0 Å². The SMILES string of the molecule is COC1CC2(OC(=O)C=CC(=O)O2)N(c2ccccc2)C12CCN(C1Cc3cccc4cccc1c34)CC2. The number of esters is 2. The minimum Gasteiger partial charge on any atom is -0.400 e. The second-order valence-corrected chi connectivity index (χ2v) is 10.7. The van der Waals surface area contributed by atoms with Crippen molar-refractivity contribution in [1.29, 1.82) is 0 Å². The van der Waals surface area contributed by atoms with Gasteiger partial charge in [0.2, 0.25) is 0 Å². The van der Waals surface area contributed by atoms with Crippen LogP contribution in [0.3, 0.4) is 0 Å². The number of rotatable bonds is 3. The monoisotopic (exact) mass is 510 g/mol. The lowest BCUT2D eigenvalue weighted by Gasteiger charge is -2.51. The summed E-state index contributed by atoms with van der Waals surface area (Å²) in [6.45, 7) is 1.68. The van der Waals surface area contributed by atoms with E-state index in [1.54, 1.807) is 7.11 Å². The average molecular weight is 511 g/mol. The highest BCUT2D eigenvalue weighted by Gasteiger charge is 2.66. The summed E-state index contributed by atoms with van der Waals surface area (Å²) in [5.41, 5.74) is 3.13. The molecular formula is C31H30N2O5. The Morgan fingerprint density at radius 1 is 0.868 bits per heavy atom. The Labute approximate surface area is 221 Å². The maximum atomic E-state index is 12.6. The lowest BCUT2D eigenvalue weighted by atomic mass is 9.81. The third kappa shape index (κ3) is 3.42. The van der Waals surface area contributed by atoms with E-state index in [2.05, 4.69) is 41.3 Å². The highest BCUT2D eigenvalue weighted by molar-refractivity contribution is 5.94. The van der Waals surface area contributed by atoms with Gasteiger partial charge in [0.1, 0.15) is 0 Å². The number of carbonyl (C=O) groups is 2. The molecule has 2 spiro atoms. The van der Waals surface area contributed by atoms with Crippen LogP contribution in [0.5, 0.6) is 0 Å². The number of likely N-dealkylation sites (tertiary alicyclic amines) is 1. The molecule has 2 saturated heterocycles. The van der Waals surface area contributed by atoms with E-state index in [-0.39, 0.29) is 12.5 Å². The molecule has 4 aliphatic rings. The molecule has 38 heavy (non-hydrogen) atoms. The molecule has 0 aromatic heterocycles. The topological polar surface area (TPSA) is 68.3 Å². The predicted molar refractivity (Wildman–Crippen MR) is 142 cm³/mol. The summed E-state index contributed by atoms with van der Waals surface area (Å²) in [7, 11) is 1.69. The number of hydrogen-bond acceptors (Lipinski definition) is 7. The highest BCUT2D eigenvalue weighted by atomic mass is 16.8. The summed E-state index contributed by atoms with van der Waals surface area (Å²) < 4.78 is 17.9. The maximum absolute atomic E-state index is 12.6. The summed E-state index contributed by atoms with van der Waals surface area (Å²) in [6.07, 6.45) is 4.76. The van der Waals surface area contributed by atoms with Crippen molar-refractivity contribution in [3.05, 3.63) is 90.0 Å². The number of methoxy groups -OCH3 is 1. The van der Waals surface area contributed by atoms with E-state index in [4.69, 9.17) is 14.2 Å². The number of nitrogens with zero attached hydrogens (tertiary/aromatic N) is 2. The second-order valence-electron chi connectivity index (χ2n) is 10.7. The summed E-state index contributed by atoms with van der Waals surface area (Å²) in [6, 6.07) is 23.3. The normalized spacial score (nSPS) is 25.7. The van der Waals surface area contributed by atoms with Gasteiger partial charge in [0, 0.05) is 44.1 Å². The molecule has 3 aromatic rings. The molecular weight excluding hydrogens is 480 g/mol. The quantitative estimate of drug-likeness (QED) is 0.481. The van der Waals surface area contributed by atoms with Crippen LogP contribution in [0.1, 0.15) is 36.4 Å². The molecule has 2 unspecified atom stereocenters. The van der Waals surface area contributed by atoms with Crippen LogP contribution in [0.25, 0.3) is 10.8 Å². The molecule has 3 aliphatic heterocycles. The average Bonchev–Trinajstić information content (AvgIpc) is 3.38. The van der Waals surface area contributed by atoms with Gasteiger partial charge in [-0.2, -0.15) is 0 Å². The van der Waals surface area contributed by atoms with E-state index in [9.17, 15) is 9.59 Å². The molecule has 0 N–H and O–H groups in total. The van der Waals surface area contributed by atoms with E-state index < -0.39 is 23.4 Å². The van der Waals surface area contributed by atoms with Crippen LogP contribution >= 0.6 is 0 Å². The van der Waals surface area contributed by atoms with Gasteiger partial charge >= 0.3 is 17.8 Å². The third-order valence-electron chi connectivity index (χ3n) is 8.90. The van der Waals surface area contributed by atoms with E-state index in [0.717, 1.165) is 50.2 Å². The first-order valence-electron chi connectivity index (χ1n) is 13.3. The van der Waals surface area contributed by atoms with E-state index in [1.807, 2.05) is 35.2 Å². The predicted octanol–water partition coefficient (Wildman–Crippen LogP) is 4.51. The lowest BCUT2D eigenvalue weighted by molar-refractivity contribution is -0.219. The lowest BCUT2D eigenvalue weighted by Crippen LogP contribution is -2.63. The Morgan fingerprint density at radius 2 is 1.55 bits per heavy atom. The van der Waals surface area contributed by atoms with Gasteiger partial charge in [-0.1, -0.05) is 54.6 Å². The molecule has 7 heteroatoms. The van der Waals surface area contributed by atoms with Crippen molar-refractivity contribution in [1.82, 2.24) is 4.90 Å². The Morgan fingerprint density at radius 3 is 2.24 bits per heavy atom.